The van der Waals surface area contributed by atoms with Crippen LogP contribution in [0.1, 0.15) is 31.7 Å². The van der Waals surface area contributed by atoms with Gasteiger partial charge in [-0.25, -0.2) is 14.6 Å². The number of methoxy groups -OCH3 is 1. The Bertz CT molecular complexity index is 1690. The monoisotopic (exact) mass is 574 g/mol. The van der Waals surface area contributed by atoms with Gasteiger partial charge in [0.25, 0.3) is 6.01 Å². The lowest BCUT2D eigenvalue weighted by Gasteiger charge is -2.38. The van der Waals surface area contributed by atoms with Crippen LogP contribution < -0.4 is 15.8 Å². The molecule has 1 aliphatic heterocycles. The van der Waals surface area contributed by atoms with Crippen molar-refractivity contribution in [2.24, 2.45) is 0 Å². The topological polar surface area (TPSA) is 129 Å². The minimum atomic E-state index is 0.267. The molecule has 0 unspecified atom stereocenters. The van der Waals surface area contributed by atoms with Gasteiger partial charge < -0.3 is 24.9 Å². The van der Waals surface area contributed by atoms with E-state index in [0.29, 0.717) is 39.7 Å². The number of nitrogens with two attached hydrogens (primary N) is 1. The lowest BCUT2D eigenvalue weighted by Crippen LogP contribution is -2.45. The van der Waals surface area contributed by atoms with E-state index in [0.717, 1.165) is 80.0 Å². The zero-order chi connectivity index (χ0) is 27.9. The highest BCUT2D eigenvalue weighted by Gasteiger charge is 2.30. The summed E-state index contributed by atoms with van der Waals surface area (Å²) in [5, 5.41) is 9.60. The Balaban J connectivity index is 1.13. The number of morpholine rings is 1. The molecule has 1 saturated heterocycles. The molecule has 5 aromatic rings. The third kappa shape index (κ3) is 4.94. The van der Waals surface area contributed by atoms with Gasteiger partial charge in [-0.1, -0.05) is 23.7 Å². The molecule has 11 nitrogen and oxygen atoms in total. The number of anilines is 3. The number of oxazole rings is 1. The van der Waals surface area contributed by atoms with Crippen molar-refractivity contribution in [2.75, 3.05) is 44.5 Å². The number of nitrogens with zero attached hydrogens (tertiary/aromatic N) is 6. The van der Waals surface area contributed by atoms with Crippen LogP contribution in [0.5, 0.6) is 5.75 Å². The molecule has 1 saturated carbocycles. The van der Waals surface area contributed by atoms with Crippen LogP contribution >= 0.6 is 11.6 Å². The minimum absolute atomic E-state index is 0.267. The van der Waals surface area contributed by atoms with Gasteiger partial charge in [0.15, 0.2) is 17.0 Å². The molecule has 0 radical (unpaired) electrons. The van der Waals surface area contributed by atoms with Gasteiger partial charge in [-0.2, -0.15) is 10.1 Å². The van der Waals surface area contributed by atoms with Crippen molar-refractivity contribution in [3.63, 3.8) is 0 Å². The molecule has 0 bridgehead atoms. The summed E-state index contributed by atoms with van der Waals surface area (Å²) in [6.45, 7) is 3.70. The molecule has 0 spiro atoms. The highest BCUT2D eigenvalue weighted by molar-refractivity contribution is 6.31. The zero-order valence-corrected chi connectivity index (χ0v) is 23.5. The minimum Gasteiger partial charge on any atom is -0.493 e. The number of rotatable bonds is 6. The van der Waals surface area contributed by atoms with Gasteiger partial charge in [0.2, 0.25) is 0 Å². The molecule has 3 aromatic heterocycles. The second-order valence-electron chi connectivity index (χ2n) is 10.5. The summed E-state index contributed by atoms with van der Waals surface area (Å²) in [5.41, 5.74) is 10.8. The van der Waals surface area contributed by atoms with Crippen LogP contribution in [0.4, 0.5) is 17.5 Å². The maximum absolute atomic E-state index is 6.38. The Morgan fingerprint density at radius 1 is 1.02 bits per heavy atom. The highest BCUT2D eigenvalue weighted by atomic mass is 35.5. The summed E-state index contributed by atoms with van der Waals surface area (Å²) >= 11 is 6.18. The normalized spacial score (nSPS) is 20.0. The average molecular weight is 575 g/mol. The van der Waals surface area contributed by atoms with E-state index in [1.807, 2.05) is 24.3 Å². The van der Waals surface area contributed by atoms with Gasteiger partial charge in [0, 0.05) is 41.5 Å². The number of hydrogen-bond acceptors (Lipinski definition) is 10. The van der Waals surface area contributed by atoms with E-state index in [1.54, 1.807) is 19.2 Å². The summed E-state index contributed by atoms with van der Waals surface area (Å²) in [4.78, 5) is 16.0. The van der Waals surface area contributed by atoms with Crippen molar-refractivity contribution < 1.29 is 13.9 Å². The first-order valence-electron chi connectivity index (χ1n) is 13.9. The fourth-order valence-electron chi connectivity index (χ4n) is 6.07. The molecule has 7 rings (SSSR count). The van der Waals surface area contributed by atoms with Crippen molar-refractivity contribution >= 4 is 51.3 Å². The van der Waals surface area contributed by atoms with Crippen molar-refractivity contribution in [3.8, 4) is 17.0 Å². The highest BCUT2D eigenvalue weighted by Crippen LogP contribution is 2.38. The van der Waals surface area contributed by atoms with Gasteiger partial charge in [-0.3, -0.25) is 4.90 Å². The number of benzene rings is 2. The third-order valence-electron chi connectivity index (χ3n) is 8.14. The van der Waals surface area contributed by atoms with E-state index >= 15 is 0 Å². The predicted molar refractivity (Wildman–Crippen MR) is 158 cm³/mol. The van der Waals surface area contributed by atoms with E-state index in [2.05, 4.69) is 29.9 Å². The van der Waals surface area contributed by atoms with Crippen molar-refractivity contribution in [2.45, 2.75) is 37.8 Å². The Hall–Kier alpha value is -3.93. The van der Waals surface area contributed by atoms with E-state index < -0.39 is 0 Å². The maximum atomic E-state index is 6.38. The van der Waals surface area contributed by atoms with Gasteiger partial charge in [-0.15, -0.1) is 0 Å². The summed E-state index contributed by atoms with van der Waals surface area (Å²) in [6, 6.07) is 12.5. The van der Waals surface area contributed by atoms with Gasteiger partial charge >= 0.3 is 0 Å². The second-order valence-corrected chi connectivity index (χ2v) is 11.0. The predicted octanol–water partition coefficient (Wildman–Crippen LogP) is 5.44. The molecule has 0 atom stereocenters. The van der Waals surface area contributed by atoms with Crippen LogP contribution in [0.3, 0.4) is 0 Å². The van der Waals surface area contributed by atoms with Crippen LogP contribution in [0.2, 0.25) is 5.02 Å². The lowest BCUT2D eigenvalue weighted by atomic mass is 9.90. The number of halogens is 1. The molecule has 2 aromatic carbocycles. The summed E-state index contributed by atoms with van der Waals surface area (Å²) in [6.07, 6.45) is 5.89. The standard InChI is InChI=1S/C29H31ClN8O3/c1-39-23-15-18(30)14-22-26(23)41-29(35-22)34-19-4-2-17(3-5-19)25-24-27(31)32-16-33-28(24)38(36-25)21-8-6-20(7-9-21)37-10-12-40-13-11-37/h2-5,14-16,20-21H,6-13H2,1H3,(H,34,35)(H2,31,32,33). The van der Waals surface area contributed by atoms with E-state index in [1.165, 1.54) is 6.33 Å². The van der Waals surface area contributed by atoms with Gasteiger partial charge in [-0.05, 0) is 43.9 Å². The van der Waals surface area contributed by atoms with Crippen molar-refractivity contribution in [1.29, 1.82) is 0 Å². The summed E-state index contributed by atoms with van der Waals surface area (Å²) < 4.78 is 18.9. The number of hydrogen-bond donors (Lipinski definition) is 2. The molecule has 4 heterocycles. The van der Waals surface area contributed by atoms with E-state index in [9.17, 15) is 0 Å². The average Bonchev–Trinajstić information content (AvgIpc) is 3.60. The molecular formula is C29H31ClN8O3. The number of fused-ring (bicyclic) bond motifs is 2. The largest absolute Gasteiger partial charge is 0.493 e. The summed E-state index contributed by atoms with van der Waals surface area (Å²) in [5.74, 6) is 0.958. The number of nitrogen functional groups attached to an aromatic ring is 1. The zero-order valence-electron chi connectivity index (χ0n) is 22.7. The van der Waals surface area contributed by atoms with E-state index in [-0.39, 0.29) is 6.04 Å². The van der Waals surface area contributed by atoms with Crippen molar-refractivity contribution in [3.05, 3.63) is 47.7 Å². The molecule has 3 N–H and O–H groups in total. The Labute approximate surface area is 241 Å². The maximum Gasteiger partial charge on any atom is 0.300 e. The van der Waals surface area contributed by atoms with Crippen LogP contribution in [0, 0.1) is 0 Å². The SMILES string of the molecule is COc1cc(Cl)cc2nc(Nc3ccc(-c4nn(C5CCC(N6CCOCC6)CC5)c5ncnc(N)c45)cc3)oc12. The van der Waals surface area contributed by atoms with Crippen LogP contribution in [0.25, 0.3) is 33.4 Å². The molecule has 12 heteroatoms. The lowest BCUT2D eigenvalue weighted by molar-refractivity contribution is 0.00520. The fraction of sp³-hybridized carbons (Fsp3) is 0.379. The number of nitrogens with one attached hydrogen (secondary N) is 1. The first kappa shape index (κ1) is 26.0. The second kappa shape index (κ2) is 10.8. The van der Waals surface area contributed by atoms with Crippen LogP contribution in [-0.4, -0.2) is 69.1 Å². The molecule has 2 aliphatic rings. The molecule has 41 heavy (non-hydrogen) atoms. The molecule has 212 valence electrons. The smallest absolute Gasteiger partial charge is 0.300 e. The van der Waals surface area contributed by atoms with Gasteiger partial charge in [0.05, 0.1) is 31.8 Å². The molecule has 1 aliphatic carbocycles. The fourth-order valence-corrected chi connectivity index (χ4v) is 6.27. The quantitative estimate of drug-likeness (QED) is 0.270. The molecule has 2 fully saturated rings. The Kier molecular flexibility index (Phi) is 6.85. The van der Waals surface area contributed by atoms with Gasteiger partial charge in [0.1, 0.15) is 23.4 Å². The third-order valence-corrected chi connectivity index (χ3v) is 8.36. The first-order valence-corrected chi connectivity index (χ1v) is 14.3. The van der Waals surface area contributed by atoms with E-state index in [4.69, 9.17) is 36.3 Å². The Morgan fingerprint density at radius 3 is 2.54 bits per heavy atom. The van der Waals surface area contributed by atoms with Crippen LogP contribution in [-0.2, 0) is 4.74 Å². The first-order chi connectivity index (χ1) is 20.1. The Morgan fingerprint density at radius 2 is 1.78 bits per heavy atom. The summed E-state index contributed by atoms with van der Waals surface area (Å²) in [7, 11) is 1.57. The molecule has 0 amide bonds. The van der Waals surface area contributed by atoms with Crippen molar-refractivity contribution in [1.82, 2.24) is 29.6 Å². The van der Waals surface area contributed by atoms with Crippen LogP contribution in [0.15, 0.2) is 47.1 Å². The number of ether oxygens (including phenoxy) is 2. The molecular weight excluding hydrogens is 544 g/mol. The number of aromatic nitrogens is 5.